The van der Waals surface area contributed by atoms with Gasteiger partial charge in [0.15, 0.2) is 11.5 Å². The number of imidazole rings is 2. The summed E-state index contributed by atoms with van der Waals surface area (Å²) in [6, 6.07) is 7.44. The molecule has 1 aliphatic heterocycles. The predicted octanol–water partition coefficient (Wildman–Crippen LogP) is 3.86. The van der Waals surface area contributed by atoms with Crippen molar-refractivity contribution < 1.29 is 13.5 Å². The highest BCUT2D eigenvalue weighted by Crippen LogP contribution is 2.32. The monoisotopic (exact) mass is 433 g/mol. The highest BCUT2D eigenvalue weighted by Gasteiger charge is 2.25. The lowest BCUT2D eigenvalue weighted by Gasteiger charge is -2.25. The van der Waals surface area contributed by atoms with Crippen LogP contribution in [0.5, 0.6) is 0 Å². The van der Waals surface area contributed by atoms with Crippen molar-refractivity contribution in [3.8, 4) is 17.5 Å². The smallest absolute Gasteiger partial charge is 0.237 e. The summed E-state index contributed by atoms with van der Waals surface area (Å²) in [5, 5.41) is 0. The highest BCUT2D eigenvalue weighted by molar-refractivity contribution is 5.79. The van der Waals surface area contributed by atoms with Crippen molar-refractivity contribution in [2.24, 2.45) is 0 Å². The molecule has 5 aromatic rings. The Morgan fingerprint density at radius 3 is 2.53 bits per heavy atom. The Kier molecular flexibility index (Phi) is 4.39. The number of hydrogen-bond donors (Lipinski definition) is 0. The van der Waals surface area contributed by atoms with Gasteiger partial charge >= 0.3 is 0 Å². The number of ether oxygens (including phenoxy) is 1. The van der Waals surface area contributed by atoms with E-state index in [1.54, 1.807) is 29.2 Å². The van der Waals surface area contributed by atoms with E-state index in [-0.39, 0.29) is 11.9 Å². The summed E-state index contributed by atoms with van der Waals surface area (Å²) in [7, 11) is 0. The molecule has 5 heterocycles. The zero-order chi connectivity index (χ0) is 21.7. The Bertz CT molecular complexity index is 1440. The normalized spacial score (nSPS) is 15.1. The molecule has 1 aliphatic rings. The number of pyridine rings is 1. The second kappa shape index (κ2) is 7.41. The van der Waals surface area contributed by atoms with Crippen LogP contribution in [0.15, 0.2) is 49.1 Å². The van der Waals surface area contributed by atoms with Crippen LogP contribution >= 0.6 is 0 Å². The Morgan fingerprint density at radius 1 is 0.875 bits per heavy atom. The lowest BCUT2D eigenvalue weighted by molar-refractivity contribution is 0.0708. The molecule has 32 heavy (non-hydrogen) atoms. The Labute approximate surface area is 180 Å². The van der Waals surface area contributed by atoms with Gasteiger partial charge in [0.25, 0.3) is 0 Å². The van der Waals surface area contributed by atoms with Gasteiger partial charge in [0, 0.05) is 25.3 Å². The number of fused-ring (bicyclic) bond motifs is 2. The van der Waals surface area contributed by atoms with Gasteiger partial charge in [-0.05, 0) is 37.1 Å². The third kappa shape index (κ3) is 3.11. The average molecular weight is 433 g/mol. The van der Waals surface area contributed by atoms with Gasteiger partial charge in [-0.1, -0.05) is 0 Å². The Morgan fingerprint density at radius 2 is 1.72 bits per heavy atom. The second-order valence-electron chi connectivity index (χ2n) is 7.64. The van der Waals surface area contributed by atoms with Crippen molar-refractivity contribution in [2.45, 2.75) is 18.9 Å². The van der Waals surface area contributed by atoms with Gasteiger partial charge in [-0.3, -0.25) is 4.57 Å². The minimum Gasteiger partial charge on any atom is -0.381 e. The van der Waals surface area contributed by atoms with E-state index in [0.717, 1.165) is 12.8 Å². The van der Waals surface area contributed by atoms with Crippen LogP contribution < -0.4 is 0 Å². The van der Waals surface area contributed by atoms with Crippen molar-refractivity contribution in [1.29, 1.82) is 0 Å². The maximum atomic E-state index is 13.8. The quantitative estimate of drug-likeness (QED) is 0.430. The fourth-order valence-corrected chi connectivity index (χ4v) is 4.12. The van der Waals surface area contributed by atoms with Crippen molar-refractivity contribution >= 4 is 22.2 Å². The number of benzene rings is 1. The molecule has 0 N–H and O–H groups in total. The minimum absolute atomic E-state index is 0.0929. The molecule has 0 spiro atoms. The molecule has 1 fully saturated rings. The zero-order valence-corrected chi connectivity index (χ0v) is 16.8. The summed E-state index contributed by atoms with van der Waals surface area (Å²) in [5.74, 6) is 0.179. The van der Waals surface area contributed by atoms with Crippen molar-refractivity contribution in [2.75, 3.05) is 13.2 Å². The van der Waals surface area contributed by atoms with Gasteiger partial charge in [0.2, 0.25) is 5.95 Å². The largest absolute Gasteiger partial charge is 0.381 e. The van der Waals surface area contributed by atoms with Gasteiger partial charge in [0.1, 0.15) is 29.2 Å². The summed E-state index contributed by atoms with van der Waals surface area (Å²) >= 11 is 0. The summed E-state index contributed by atoms with van der Waals surface area (Å²) in [6.07, 6.45) is 5.96. The molecule has 1 saturated heterocycles. The fraction of sp³-hybridized carbons (Fsp3) is 0.227. The second-order valence-corrected chi connectivity index (χ2v) is 7.64. The molecule has 0 aliphatic carbocycles. The molecular weight excluding hydrogens is 416 g/mol. The van der Waals surface area contributed by atoms with Crippen molar-refractivity contribution in [3.63, 3.8) is 0 Å². The third-order valence-corrected chi connectivity index (χ3v) is 5.66. The number of halogens is 2. The predicted molar refractivity (Wildman–Crippen MR) is 112 cm³/mol. The third-order valence-electron chi connectivity index (χ3n) is 5.66. The van der Waals surface area contributed by atoms with Crippen LogP contribution in [-0.4, -0.2) is 47.3 Å². The molecular formula is C22H17F2N7O. The topological polar surface area (TPSA) is 83.5 Å². The van der Waals surface area contributed by atoms with E-state index in [9.17, 15) is 8.78 Å². The summed E-state index contributed by atoms with van der Waals surface area (Å²) in [4.78, 5) is 22.5. The first kappa shape index (κ1) is 18.9. The first-order valence-corrected chi connectivity index (χ1v) is 10.2. The molecule has 0 atom stereocenters. The fourth-order valence-electron chi connectivity index (χ4n) is 4.12. The van der Waals surface area contributed by atoms with Crippen LogP contribution in [0, 0.1) is 11.6 Å². The van der Waals surface area contributed by atoms with Gasteiger partial charge in [-0.2, -0.15) is 4.98 Å². The molecule has 0 radical (unpaired) electrons. The number of hydrogen-bond acceptors (Lipinski definition) is 6. The van der Waals surface area contributed by atoms with Crippen LogP contribution in [-0.2, 0) is 4.74 Å². The van der Waals surface area contributed by atoms with Crippen molar-refractivity contribution in [1.82, 2.24) is 34.1 Å². The van der Waals surface area contributed by atoms with Gasteiger partial charge in [-0.25, -0.2) is 28.7 Å². The van der Waals surface area contributed by atoms with Gasteiger partial charge in [-0.15, -0.1) is 0 Å². The summed E-state index contributed by atoms with van der Waals surface area (Å²) in [5.41, 5.74) is 2.98. The molecule has 0 amide bonds. The molecule has 0 unspecified atom stereocenters. The van der Waals surface area contributed by atoms with E-state index in [4.69, 9.17) is 14.7 Å². The van der Waals surface area contributed by atoms with E-state index in [1.165, 1.54) is 24.4 Å². The van der Waals surface area contributed by atoms with E-state index < -0.39 is 5.82 Å². The Hall–Kier alpha value is -3.79. The zero-order valence-electron chi connectivity index (χ0n) is 16.8. The molecule has 1 aromatic carbocycles. The average Bonchev–Trinajstić information content (AvgIpc) is 3.41. The SMILES string of the molecule is Fc1ccc(-c2nc3cnc(-n4cnc5ccc(F)cc54)nc3n2C2CCOCC2)nc1. The molecule has 6 rings (SSSR count). The first-order valence-electron chi connectivity index (χ1n) is 10.2. The lowest BCUT2D eigenvalue weighted by atomic mass is 10.1. The van der Waals surface area contributed by atoms with Gasteiger partial charge < -0.3 is 9.30 Å². The van der Waals surface area contributed by atoms with Gasteiger partial charge in [0.05, 0.1) is 23.4 Å². The Balaban J connectivity index is 1.56. The maximum absolute atomic E-state index is 13.8. The molecule has 10 heteroatoms. The van der Waals surface area contributed by atoms with Crippen LogP contribution in [0.2, 0.25) is 0 Å². The molecule has 0 saturated carbocycles. The first-order chi connectivity index (χ1) is 15.7. The summed E-state index contributed by atoms with van der Waals surface area (Å²) < 4.78 is 36.5. The molecule has 160 valence electrons. The lowest BCUT2D eigenvalue weighted by Crippen LogP contribution is -2.21. The van der Waals surface area contributed by atoms with Crippen LogP contribution in [0.25, 0.3) is 39.7 Å². The van der Waals surface area contributed by atoms with Crippen LogP contribution in [0.1, 0.15) is 18.9 Å². The molecule has 4 aromatic heterocycles. The van der Waals surface area contributed by atoms with E-state index >= 15 is 0 Å². The minimum atomic E-state index is -0.413. The maximum Gasteiger partial charge on any atom is 0.237 e. The molecule has 0 bridgehead atoms. The summed E-state index contributed by atoms with van der Waals surface area (Å²) in [6.45, 7) is 1.26. The molecule has 8 nitrogen and oxygen atoms in total. The van der Waals surface area contributed by atoms with Crippen molar-refractivity contribution in [3.05, 3.63) is 60.7 Å². The van der Waals surface area contributed by atoms with E-state index in [2.05, 4.69) is 15.0 Å². The van der Waals surface area contributed by atoms with Crippen LogP contribution in [0.3, 0.4) is 0 Å². The van der Waals surface area contributed by atoms with Crippen LogP contribution in [0.4, 0.5) is 8.78 Å². The number of aromatic nitrogens is 7. The number of rotatable bonds is 3. The van der Waals surface area contributed by atoms with E-state index in [0.29, 0.717) is 52.9 Å². The van der Waals surface area contributed by atoms with E-state index in [1.807, 2.05) is 4.57 Å². The highest BCUT2D eigenvalue weighted by atomic mass is 19.1. The number of nitrogens with zero attached hydrogens (tertiary/aromatic N) is 7. The standard InChI is InChI=1S/C22H17F2N7O/c23-13-1-3-16-19(9-13)30(12-27-16)22-26-11-18-21(29-22)31(15-5-7-32-8-6-15)20(28-18)17-4-2-14(24)10-25-17/h1-4,9-12,15H,5-8H2.